The summed E-state index contributed by atoms with van der Waals surface area (Å²) in [6.45, 7) is 8.38. The lowest BCUT2D eigenvalue weighted by Gasteiger charge is -2.20. The van der Waals surface area contributed by atoms with Crippen LogP contribution in [0.5, 0.6) is 0 Å². The number of amides is 1. The Morgan fingerprint density at radius 3 is 2.47 bits per heavy atom. The Balaban J connectivity index is 2.12. The first-order valence-corrected chi connectivity index (χ1v) is 6.49. The van der Waals surface area contributed by atoms with Crippen LogP contribution in [0.1, 0.15) is 33.6 Å². The first kappa shape index (κ1) is 14.5. The summed E-state index contributed by atoms with van der Waals surface area (Å²) in [5.74, 6) is 0.750. The molecule has 1 saturated carbocycles. The highest BCUT2D eigenvalue weighted by Gasteiger charge is 2.44. The number of hydrogen-bond acceptors (Lipinski definition) is 3. The summed E-state index contributed by atoms with van der Waals surface area (Å²) >= 11 is 0. The van der Waals surface area contributed by atoms with Crippen LogP contribution in [0.15, 0.2) is 0 Å². The van der Waals surface area contributed by atoms with Gasteiger partial charge in [0.25, 0.3) is 0 Å². The lowest BCUT2D eigenvalue weighted by Crippen LogP contribution is -2.42. The molecule has 1 amide bonds. The lowest BCUT2D eigenvalue weighted by atomic mass is 9.92. The maximum Gasteiger partial charge on any atom is 0.234 e. The van der Waals surface area contributed by atoms with Crippen molar-refractivity contribution in [3.05, 3.63) is 0 Å². The topological polar surface area (TPSA) is 50.4 Å². The second-order valence-corrected chi connectivity index (χ2v) is 5.54. The van der Waals surface area contributed by atoms with E-state index in [4.69, 9.17) is 4.74 Å². The monoisotopic (exact) mass is 242 g/mol. The predicted octanol–water partition coefficient (Wildman–Crippen LogP) is 1.16. The molecule has 2 N–H and O–H groups in total. The Labute approximate surface area is 104 Å². The Bertz CT molecular complexity index is 250. The molecule has 0 heterocycles. The molecule has 1 aliphatic rings. The van der Waals surface area contributed by atoms with Gasteiger partial charge >= 0.3 is 0 Å². The van der Waals surface area contributed by atoms with Crippen LogP contribution in [0.4, 0.5) is 0 Å². The molecule has 0 radical (unpaired) electrons. The van der Waals surface area contributed by atoms with E-state index in [-0.39, 0.29) is 11.9 Å². The third-order valence-corrected chi connectivity index (χ3v) is 3.70. The molecule has 0 aromatic heterocycles. The molecule has 4 heteroatoms. The average Bonchev–Trinajstić information content (AvgIpc) is 2.99. The van der Waals surface area contributed by atoms with Gasteiger partial charge in [-0.15, -0.1) is 0 Å². The van der Waals surface area contributed by atoms with Crippen LogP contribution < -0.4 is 10.6 Å². The summed E-state index contributed by atoms with van der Waals surface area (Å²) in [6.07, 6.45) is 2.58. The third kappa shape index (κ3) is 4.64. The Morgan fingerprint density at radius 1 is 1.35 bits per heavy atom. The van der Waals surface area contributed by atoms with Gasteiger partial charge in [-0.3, -0.25) is 4.79 Å². The summed E-state index contributed by atoms with van der Waals surface area (Å²) in [4.78, 5) is 11.6. The van der Waals surface area contributed by atoms with Crippen LogP contribution in [-0.2, 0) is 9.53 Å². The van der Waals surface area contributed by atoms with Gasteiger partial charge in [0.05, 0.1) is 13.2 Å². The quantitative estimate of drug-likeness (QED) is 0.671. The zero-order valence-electron chi connectivity index (χ0n) is 11.5. The summed E-state index contributed by atoms with van der Waals surface area (Å²) in [5.41, 5.74) is 0.457. The average molecular weight is 242 g/mol. The van der Waals surface area contributed by atoms with E-state index in [1.807, 2.05) is 6.92 Å². The van der Waals surface area contributed by atoms with Gasteiger partial charge in [0.1, 0.15) is 0 Å². The van der Waals surface area contributed by atoms with Crippen molar-refractivity contribution in [1.82, 2.24) is 10.6 Å². The van der Waals surface area contributed by atoms with E-state index < -0.39 is 0 Å². The summed E-state index contributed by atoms with van der Waals surface area (Å²) in [7, 11) is 1.64. The van der Waals surface area contributed by atoms with Crippen molar-refractivity contribution >= 4 is 5.91 Å². The van der Waals surface area contributed by atoms with Gasteiger partial charge in [-0.1, -0.05) is 13.8 Å². The zero-order chi connectivity index (χ0) is 12.9. The molecule has 0 aromatic carbocycles. The van der Waals surface area contributed by atoms with Gasteiger partial charge in [-0.2, -0.15) is 0 Å². The minimum absolute atomic E-state index is 0.0501. The van der Waals surface area contributed by atoms with Crippen molar-refractivity contribution in [1.29, 1.82) is 0 Å². The van der Waals surface area contributed by atoms with E-state index in [1.165, 1.54) is 12.8 Å². The van der Waals surface area contributed by atoms with Crippen molar-refractivity contribution in [2.24, 2.45) is 11.3 Å². The smallest absolute Gasteiger partial charge is 0.234 e. The molecule has 1 rings (SSSR count). The van der Waals surface area contributed by atoms with Crippen molar-refractivity contribution in [2.75, 3.05) is 26.8 Å². The minimum Gasteiger partial charge on any atom is -0.383 e. The molecule has 0 aliphatic heterocycles. The van der Waals surface area contributed by atoms with Gasteiger partial charge in [0, 0.05) is 19.7 Å². The van der Waals surface area contributed by atoms with Crippen LogP contribution in [-0.4, -0.2) is 38.8 Å². The molecular formula is C13H26N2O2. The van der Waals surface area contributed by atoms with E-state index in [0.717, 1.165) is 6.54 Å². The molecule has 1 atom stereocenters. The fourth-order valence-corrected chi connectivity index (χ4v) is 2.16. The molecule has 1 unspecified atom stereocenters. The van der Waals surface area contributed by atoms with Crippen LogP contribution in [0.2, 0.25) is 0 Å². The number of hydrogen-bond donors (Lipinski definition) is 2. The molecule has 100 valence electrons. The molecule has 0 spiro atoms. The largest absolute Gasteiger partial charge is 0.383 e. The van der Waals surface area contributed by atoms with E-state index in [1.54, 1.807) is 7.11 Å². The fraction of sp³-hybridized carbons (Fsp3) is 0.923. The zero-order valence-corrected chi connectivity index (χ0v) is 11.5. The van der Waals surface area contributed by atoms with E-state index in [0.29, 0.717) is 24.5 Å². The highest BCUT2D eigenvalue weighted by molar-refractivity contribution is 5.78. The van der Waals surface area contributed by atoms with Crippen molar-refractivity contribution in [2.45, 2.75) is 39.7 Å². The maximum atomic E-state index is 11.6. The van der Waals surface area contributed by atoms with Gasteiger partial charge in [0.2, 0.25) is 5.91 Å². The third-order valence-electron chi connectivity index (χ3n) is 3.70. The summed E-state index contributed by atoms with van der Waals surface area (Å²) < 4.78 is 4.97. The first-order chi connectivity index (χ1) is 8.00. The number of rotatable bonds is 8. The standard InChI is InChI=1S/C13H26N2O2/c1-10(2)13(5-6-13)9-14-7-12(16)15-11(3)8-17-4/h10-11,14H,5-9H2,1-4H3,(H,15,16). The molecule has 4 nitrogen and oxygen atoms in total. The summed E-state index contributed by atoms with van der Waals surface area (Å²) in [6, 6.07) is 0.0780. The fourth-order valence-electron chi connectivity index (χ4n) is 2.16. The normalized spacial score (nSPS) is 19.1. The predicted molar refractivity (Wildman–Crippen MR) is 68.9 cm³/mol. The van der Waals surface area contributed by atoms with Crippen molar-refractivity contribution in [3.8, 4) is 0 Å². The number of carbonyl (C=O) groups excluding carboxylic acids is 1. The highest BCUT2D eigenvalue weighted by atomic mass is 16.5. The summed E-state index contributed by atoms with van der Waals surface area (Å²) in [5, 5.41) is 6.15. The molecule has 1 fully saturated rings. The maximum absolute atomic E-state index is 11.6. The SMILES string of the molecule is COCC(C)NC(=O)CNCC1(C(C)C)CC1. The molecule has 1 aliphatic carbocycles. The number of nitrogens with one attached hydrogen (secondary N) is 2. The van der Waals surface area contributed by atoms with Crippen LogP contribution in [0.3, 0.4) is 0 Å². The number of methoxy groups -OCH3 is 1. The minimum atomic E-state index is 0.0501. The lowest BCUT2D eigenvalue weighted by molar-refractivity contribution is -0.121. The second kappa shape index (κ2) is 6.36. The van der Waals surface area contributed by atoms with Gasteiger partial charge in [-0.25, -0.2) is 0 Å². The molecule has 17 heavy (non-hydrogen) atoms. The number of carbonyl (C=O) groups is 1. The van der Waals surface area contributed by atoms with E-state index >= 15 is 0 Å². The Kier molecular flexibility index (Phi) is 5.40. The first-order valence-electron chi connectivity index (χ1n) is 6.49. The molecule has 0 aromatic rings. The van der Waals surface area contributed by atoms with Crippen LogP contribution in [0, 0.1) is 11.3 Å². The number of ether oxygens (including phenoxy) is 1. The van der Waals surface area contributed by atoms with Crippen molar-refractivity contribution < 1.29 is 9.53 Å². The second-order valence-electron chi connectivity index (χ2n) is 5.54. The molecule has 0 saturated heterocycles. The van der Waals surface area contributed by atoms with E-state index in [2.05, 4.69) is 24.5 Å². The highest BCUT2D eigenvalue weighted by Crippen LogP contribution is 2.51. The van der Waals surface area contributed by atoms with E-state index in [9.17, 15) is 4.79 Å². The van der Waals surface area contributed by atoms with Crippen LogP contribution >= 0.6 is 0 Å². The van der Waals surface area contributed by atoms with Crippen LogP contribution in [0.25, 0.3) is 0 Å². The van der Waals surface area contributed by atoms with Gasteiger partial charge in [-0.05, 0) is 31.1 Å². The Morgan fingerprint density at radius 2 is 2.00 bits per heavy atom. The van der Waals surface area contributed by atoms with Crippen molar-refractivity contribution in [3.63, 3.8) is 0 Å². The molecular weight excluding hydrogens is 216 g/mol. The Hall–Kier alpha value is -0.610. The van der Waals surface area contributed by atoms with Gasteiger partial charge in [0.15, 0.2) is 0 Å². The molecule has 0 bridgehead atoms. The van der Waals surface area contributed by atoms with Gasteiger partial charge < -0.3 is 15.4 Å².